The Kier molecular flexibility index (Phi) is 5.53. The number of sulfone groups is 1. The summed E-state index contributed by atoms with van der Waals surface area (Å²) < 4.78 is 28.8. The number of methoxy groups -OCH3 is 1. The van der Waals surface area contributed by atoms with Crippen molar-refractivity contribution in [2.75, 3.05) is 31.8 Å². The van der Waals surface area contributed by atoms with Gasteiger partial charge in [-0.25, -0.2) is 8.42 Å². The van der Waals surface area contributed by atoms with Gasteiger partial charge in [0.2, 0.25) is 5.91 Å². The minimum absolute atomic E-state index is 0.268. The summed E-state index contributed by atoms with van der Waals surface area (Å²) in [7, 11) is -1.94. The molecular weight excluding hydrogens is 364 g/mol. The van der Waals surface area contributed by atoms with E-state index in [-0.39, 0.29) is 12.8 Å². The topological polar surface area (TPSA) is 84.5 Å². The molecule has 3 rings (SSSR count). The average Bonchev–Trinajstić information content (AvgIpc) is 2.67. The first-order valence-corrected chi connectivity index (χ1v) is 10.7. The van der Waals surface area contributed by atoms with Crippen LogP contribution in [0.3, 0.4) is 0 Å². The molecule has 144 valence electrons. The lowest BCUT2D eigenvalue weighted by Crippen LogP contribution is -2.55. The molecule has 0 saturated carbocycles. The Bertz CT molecular complexity index is 935. The van der Waals surface area contributed by atoms with Crippen LogP contribution in [0.2, 0.25) is 0 Å². The van der Waals surface area contributed by atoms with Crippen molar-refractivity contribution < 1.29 is 17.9 Å². The van der Waals surface area contributed by atoms with Gasteiger partial charge in [-0.2, -0.15) is 0 Å². The number of hydrogen-bond donors (Lipinski definition) is 2. The largest absolute Gasteiger partial charge is 0.496 e. The molecule has 1 fully saturated rings. The number of hydrogen-bond acceptors (Lipinski definition) is 5. The van der Waals surface area contributed by atoms with E-state index in [1.807, 2.05) is 42.5 Å². The summed E-state index contributed by atoms with van der Waals surface area (Å²) >= 11 is 0. The van der Waals surface area contributed by atoms with Gasteiger partial charge in [-0.05, 0) is 49.7 Å². The maximum atomic E-state index is 13.0. The van der Waals surface area contributed by atoms with Crippen LogP contribution >= 0.6 is 0 Å². The first kappa shape index (κ1) is 19.4. The first-order chi connectivity index (χ1) is 12.9. The van der Waals surface area contributed by atoms with E-state index in [4.69, 9.17) is 4.74 Å². The molecule has 2 aromatic carbocycles. The van der Waals surface area contributed by atoms with Gasteiger partial charge in [0.05, 0.1) is 7.11 Å². The van der Waals surface area contributed by atoms with Crippen molar-refractivity contribution in [1.29, 1.82) is 0 Å². The van der Waals surface area contributed by atoms with Crippen molar-refractivity contribution in [3.8, 4) is 16.9 Å². The molecule has 1 saturated heterocycles. The molecule has 0 unspecified atom stereocenters. The molecule has 1 heterocycles. The highest BCUT2D eigenvalue weighted by molar-refractivity contribution is 7.92. The second kappa shape index (κ2) is 7.70. The van der Waals surface area contributed by atoms with Gasteiger partial charge in [-0.3, -0.25) is 4.79 Å². The van der Waals surface area contributed by atoms with Crippen molar-refractivity contribution in [3.63, 3.8) is 0 Å². The molecule has 0 aromatic heterocycles. The van der Waals surface area contributed by atoms with Crippen molar-refractivity contribution in [2.24, 2.45) is 0 Å². The summed E-state index contributed by atoms with van der Waals surface area (Å²) in [5.41, 5.74) is 2.34. The van der Waals surface area contributed by atoms with E-state index in [1.54, 1.807) is 13.2 Å². The van der Waals surface area contributed by atoms with Crippen molar-refractivity contribution in [1.82, 2.24) is 5.32 Å². The Morgan fingerprint density at radius 3 is 2.48 bits per heavy atom. The highest BCUT2D eigenvalue weighted by atomic mass is 32.2. The molecule has 1 aliphatic rings. The lowest BCUT2D eigenvalue weighted by molar-refractivity contribution is -0.119. The molecule has 6 nitrogen and oxygen atoms in total. The maximum Gasteiger partial charge on any atom is 0.245 e. The van der Waals surface area contributed by atoms with Crippen LogP contribution < -0.4 is 15.4 Å². The summed E-state index contributed by atoms with van der Waals surface area (Å²) in [6.07, 6.45) is 1.68. The Balaban J connectivity index is 1.91. The van der Waals surface area contributed by atoms with Gasteiger partial charge in [-0.15, -0.1) is 0 Å². The lowest BCUT2D eigenvalue weighted by Gasteiger charge is -2.34. The summed E-state index contributed by atoms with van der Waals surface area (Å²) in [6, 6.07) is 14.9. The Morgan fingerprint density at radius 2 is 1.81 bits per heavy atom. The van der Waals surface area contributed by atoms with Crippen LogP contribution in [-0.4, -0.2) is 45.5 Å². The fourth-order valence-corrected chi connectivity index (χ4v) is 4.82. The van der Waals surface area contributed by atoms with Gasteiger partial charge in [0, 0.05) is 17.5 Å². The standard InChI is InChI=1S/C20H24N2O4S/c1-26-18-9-4-3-8-17(18)15-6-5-7-16(14-15)22-19(23)20(27(2,24)25)10-12-21-13-11-20/h3-9,14,21H,10-13H2,1-2H3,(H,22,23). The number of benzene rings is 2. The third-order valence-corrected chi connectivity index (χ3v) is 7.09. The molecule has 0 radical (unpaired) electrons. The average molecular weight is 388 g/mol. The molecule has 2 aromatic rings. The quantitative estimate of drug-likeness (QED) is 0.822. The zero-order valence-corrected chi connectivity index (χ0v) is 16.3. The van der Waals surface area contributed by atoms with Crippen LogP contribution in [0.15, 0.2) is 48.5 Å². The van der Waals surface area contributed by atoms with Crippen LogP contribution in [-0.2, 0) is 14.6 Å². The minimum Gasteiger partial charge on any atom is -0.496 e. The molecule has 2 N–H and O–H groups in total. The number of nitrogens with one attached hydrogen (secondary N) is 2. The van der Waals surface area contributed by atoms with Crippen LogP contribution in [0.4, 0.5) is 5.69 Å². The summed E-state index contributed by atoms with van der Waals surface area (Å²) in [5, 5.41) is 5.94. The summed E-state index contributed by atoms with van der Waals surface area (Å²) in [5.74, 6) is 0.260. The monoisotopic (exact) mass is 388 g/mol. The Labute approximate surface area is 159 Å². The molecule has 27 heavy (non-hydrogen) atoms. The predicted molar refractivity (Wildman–Crippen MR) is 107 cm³/mol. The zero-order chi connectivity index (χ0) is 19.5. The van der Waals surface area contributed by atoms with E-state index in [0.717, 1.165) is 23.1 Å². The van der Waals surface area contributed by atoms with Gasteiger partial charge >= 0.3 is 0 Å². The second-order valence-corrected chi connectivity index (χ2v) is 9.08. The van der Waals surface area contributed by atoms with E-state index in [0.29, 0.717) is 18.8 Å². The third-order valence-electron chi connectivity index (χ3n) is 5.07. The number of rotatable bonds is 5. The Morgan fingerprint density at radius 1 is 1.11 bits per heavy atom. The van der Waals surface area contributed by atoms with Crippen LogP contribution in [0.1, 0.15) is 12.8 Å². The normalized spacial score (nSPS) is 16.5. The van der Waals surface area contributed by atoms with Gasteiger partial charge in [0.25, 0.3) is 0 Å². The van der Waals surface area contributed by atoms with Crippen molar-refractivity contribution >= 4 is 21.4 Å². The number of carbonyl (C=O) groups excluding carboxylic acids is 1. The Hall–Kier alpha value is -2.38. The SMILES string of the molecule is COc1ccccc1-c1cccc(NC(=O)C2(S(C)(=O)=O)CCNCC2)c1. The molecule has 0 atom stereocenters. The zero-order valence-electron chi connectivity index (χ0n) is 15.5. The van der Waals surface area contributed by atoms with Crippen LogP contribution in [0.25, 0.3) is 11.1 Å². The molecule has 1 aliphatic heterocycles. The lowest BCUT2D eigenvalue weighted by atomic mass is 9.95. The minimum atomic E-state index is -3.55. The van der Waals surface area contributed by atoms with Crippen LogP contribution in [0, 0.1) is 0 Å². The van der Waals surface area contributed by atoms with Gasteiger partial charge in [0.1, 0.15) is 5.75 Å². The third kappa shape index (κ3) is 3.84. The smallest absolute Gasteiger partial charge is 0.245 e. The fourth-order valence-electron chi connectivity index (χ4n) is 3.49. The van der Waals surface area contributed by atoms with Crippen molar-refractivity contribution in [3.05, 3.63) is 48.5 Å². The molecule has 0 aliphatic carbocycles. The highest BCUT2D eigenvalue weighted by Gasteiger charge is 2.48. The van der Waals surface area contributed by atoms with Gasteiger partial charge in [-0.1, -0.05) is 30.3 Å². The van der Waals surface area contributed by atoms with E-state index < -0.39 is 20.5 Å². The van der Waals surface area contributed by atoms with Crippen LogP contribution in [0.5, 0.6) is 5.75 Å². The highest BCUT2D eigenvalue weighted by Crippen LogP contribution is 2.33. The van der Waals surface area contributed by atoms with E-state index in [1.165, 1.54) is 0 Å². The molecule has 7 heteroatoms. The molecule has 0 bridgehead atoms. The molecule has 1 amide bonds. The molecular formula is C20H24N2O4S. The number of anilines is 1. The van der Waals surface area contributed by atoms with E-state index >= 15 is 0 Å². The van der Waals surface area contributed by atoms with Gasteiger partial charge < -0.3 is 15.4 Å². The number of carbonyl (C=O) groups is 1. The van der Waals surface area contributed by atoms with Gasteiger partial charge in [0.15, 0.2) is 14.6 Å². The number of piperidine rings is 1. The first-order valence-electron chi connectivity index (χ1n) is 8.83. The fraction of sp³-hybridized carbons (Fsp3) is 0.350. The number of ether oxygens (including phenoxy) is 1. The maximum absolute atomic E-state index is 13.0. The number of amides is 1. The van der Waals surface area contributed by atoms with E-state index in [2.05, 4.69) is 10.6 Å². The summed E-state index contributed by atoms with van der Waals surface area (Å²) in [4.78, 5) is 13.0. The molecule has 0 spiro atoms. The second-order valence-electron chi connectivity index (χ2n) is 6.75. The van der Waals surface area contributed by atoms with Crippen molar-refractivity contribution in [2.45, 2.75) is 17.6 Å². The summed E-state index contributed by atoms with van der Waals surface area (Å²) in [6.45, 7) is 1.00. The van der Waals surface area contributed by atoms with E-state index in [9.17, 15) is 13.2 Å². The number of para-hydroxylation sites is 1. The predicted octanol–water partition coefficient (Wildman–Crippen LogP) is 2.47.